The van der Waals surface area contributed by atoms with E-state index in [9.17, 15) is 4.79 Å². The Morgan fingerprint density at radius 3 is 2.48 bits per heavy atom. The Bertz CT molecular complexity index is 468. The third-order valence-corrected chi connectivity index (χ3v) is 3.69. The first kappa shape index (κ1) is 15.6. The molecule has 1 aromatic carbocycles. The van der Waals surface area contributed by atoms with Gasteiger partial charge in [0, 0.05) is 52.4 Å². The molecule has 1 saturated heterocycles. The van der Waals surface area contributed by atoms with E-state index in [0.717, 1.165) is 38.5 Å². The number of amides is 2. The number of para-hydroxylation sites is 1. The van der Waals surface area contributed by atoms with Crippen molar-refractivity contribution in [1.29, 1.82) is 0 Å². The maximum Gasteiger partial charge on any atom is 0.319 e. The minimum Gasteiger partial charge on any atom is -0.494 e. The summed E-state index contributed by atoms with van der Waals surface area (Å²) in [6, 6.07) is 8.28. The Kier molecular flexibility index (Phi) is 5.44. The Hall–Kier alpha value is -1.75. The van der Waals surface area contributed by atoms with Crippen LogP contribution >= 0.6 is 0 Å². The summed E-state index contributed by atoms with van der Waals surface area (Å²) in [6.45, 7) is 6.94. The monoisotopic (exact) mass is 291 g/mol. The SMILES string of the molecule is CCOc1ccccc1CN1CCN(C(=O)N(C)C)CC1. The van der Waals surface area contributed by atoms with Crippen molar-refractivity contribution in [2.45, 2.75) is 13.5 Å². The maximum atomic E-state index is 11.9. The van der Waals surface area contributed by atoms with Gasteiger partial charge in [0.1, 0.15) is 5.75 Å². The van der Waals surface area contributed by atoms with Crippen LogP contribution in [0.25, 0.3) is 0 Å². The lowest BCUT2D eigenvalue weighted by Gasteiger charge is -2.36. The first-order valence-electron chi connectivity index (χ1n) is 7.51. The van der Waals surface area contributed by atoms with Gasteiger partial charge in [0.05, 0.1) is 6.61 Å². The van der Waals surface area contributed by atoms with Crippen LogP contribution < -0.4 is 4.74 Å². The van der Waals surface area contributed by atoms with Crippen molar-refractivity contribution in [2.24, 2.45) is 0 Å². The van der Waals surface area contributed by atoms with E-state index in [0.29, 0.717) is 6.61 Å². The molecule has 1 heterocycles. The second kappa shape index (κ2) is 7.31. The van der Waals surface area contributed by atoms with Crippen LogP contribution in [-0.2, 0) is 6.54 Å². The molecule has 5 nitrogen and oxygen atoms in total. The number of rotatable bonds is 4. The molecule has 0 spiro atoms. The van der Waals surface area contributed by atoms with Gasteiger partial charge in [-0.25, -0.2) is 4.79 Å². The average Bonchev–Trinajstić information content (AvgIpc) is 2.49. The number of hydrogen-bond acceptors (Lipinski definition) is 3. The lowest BCUT2D eigenvalue weighted by atomic mass is 10.1. The fourth-order valence-electron chi connectivity index (χ4n) is 2.55. The average molecular weight is 291 g/mol. The molecule has 1 aromatic rings. The van der Waals surface area contributed by atoms with Gasteiger partial charge in [-0.1, -0.05) is 18.2 Å². The second-order valence-electron chi connectivity index (χ2n) is 5.48. The van der Waals surface area contributed by atoms with E-state index in [1.54, 1.807) is 19.0 Å². The van der Waals surface area contributed by atoms with Crippen molar-refractivity contribution in [1.82, 2.24) is 14.7 Å². The van der Waals surface area contributed by atoms with Gasteiger partial charge in [0.15, 0.2) is 0 Å². The summed E-state index contributed by atoms with van der Waals surface area (Å²) in [6.07, 6.45) is 0. The Morgan fingerprint density at radius 2 is 1.86 bits per heavy atom. The first-order valence-corrected chi connectivity index (χ1v) is 7.51. The van der Waals surface area contributed by atoms with Crippen molar-refractivity contribution in [3.8, 4) is 5.75 Å². The minimum atomic E-state index is 0.101. The van der Waals surface area contributed by atoms with Gasteiger partial charge in [0.2, 0.25) is 0 Å². The molecule has 5 heteroatoms. The van der Waals surface area contributed by atoms with Crippen LogP contribution in [0.1, 0.15) is 12.5 Å². The first-order chi connectivity index (χ1) is 10.1. The molecule has 0 bridgehead atoms. The normalized spacial score (nSPS) is 15.9. The van der Waals surface area contributed by atoms with Crippen LogP contribution in [0.3, 0.4) is 0 Å². The predicted octanol–water partition coefficient (Wildman–Crippen LogP) is 1.88. The van der Waals surface area contributed by atoms with E-state index in [-0.39, 0.29) is 6.03 Å². The summed E-state index contributed by atoms with van der Waals surface area (Å²) in [5.41, 5.74) is 1.21. The molecule has 2 rings (SSSR count). The summed E-state index contributed by atoms with van der Waals surface area (Å²) in [5.74, 6) is 0.965. The quantitative estimate of drug-likeness (QED) is 0.850. The topological polar surface area (TPSA) is 36.0 Å². The fraction of sp³-hybridized carbons (Fsp3) is 0.562. The molecule has 1 aliphatic heterocycles. The highest BCUT2D eigenvalue weighted by Gasteiger charge is 2.22. The molecule has 0 saturated carbocycles. The summed E-state index contributed by atoms with van der Waals surface area (Å²) in [7, 11) is 3.60. The zero-order valence-corrected chi connectivity index (χ0v) is 13.2. The summed E-state index contributed by atoms with van der Waals surface area (Å²) < 4.78 is 5.67. The molecule has 0 aromatic heterocycles. The zero-order chi connectivity index (χ0) is 15.2. The number of urea groups is 1. The fourth-order valence-corrected chi connectivity index (χ4v) is 2.55. The molecule has 0 N–H and O–H groups in total. The third-order valence-electron chi connectivity index (χ3n) is 3.69. The van der Waals surface area contributed by atoms with Gasteiger partial charge < -0.3 is 14.5 Å². The highest BCUT2D eigenvalue weighted by atomic mass is 16.5. The van der Waals surface area contributed by atoms with E-state index in [1.165, 1.54) is 5.56 Å². The van der Waals surface area contributed by atoms with Crippen LogP contribution in [0, 0.1) is 0 Å². The summed E-state index contributed by atoms with van der Waals surface area (Å²) >= 11 is 0. The lowest BCUT2D eigenvalue weighted by molar-refractivity contribution is 0.119. The number of ether oxygens (including phenoxy) is 1. The zero-order valence-electron chi connectivity index (χ0n) is 13.2. The smallest absolute Gasteiger partial charge is 0.319 e. The molecule has 0 aliphatic carbocycles. The third kappa shape index (κ3) is 4.11. The summed E-state index contributed by atoms with van der Waals surface area (Å²) in [4.78, 5) is 17.8. The standard InChI is InChI=1S/C16H25N3O2/c1-4-21-15-8-6-5-7-14(15)13-18-9-11-19(12-10-18)16(20)17(2)3/h5-8H,4,9-13H2,1-3H3. The van der Waals surface area contributed by atoms with Gasteiger partial charge in [0.25, 0.3) is 0 Å². The van der Waals surface area contributed by atoms with Crippen LogP contribution in [0.2, 0.25) is 0 Å². The van der Waals surface area contributed by atoms with Crippen LogP contribution in [0.4, 0.5) is 4.79 Å². The van der Waals surface area contributed by atoms with Crippen LogP contribution in [-0.4, -0.2) is 67.6 Å². The van der Waals surface area contributed by atoms with Gasteiger partial charge in [-0.15, -0.1) is 0 Å². The Labute approximate surface area is 127 Å². The highest BCUT2D eigenvalue weighted by Crippen LogP contribution is 2.20. The number of hydrogen-bond donors (Lipinski definition) is 0. The van der Waals surface area contributed by atoms with Crippen molar-refractivity contribution >= 4 is 6.03 Å². The molecular weight excluding hydrogens is 266 g/mol. The lowest BCUT2D eigenvalue weighted by Crippen LogP contribution is -2.51. The maximum absolute atomic E-state index is 11.9. The predicted molar refractivity (Wildman–Crippen MR) is 83.5 cm³/mol. The molecule has 0 radical (unpaired) electrons. The van der Waals surface area contributed by atoms with E-state index >= 15 is 0 Å². The largest absolute Gasteiger partial charge is 0.494 e. The molecule has 0 atom stereocenters. The highest BCUT2D eigenvalue weighted by molar-refractivity contribution is 5.73. The Balaban J connectivity index is 1.90. The summed E-state index contributed by atoms with van der Waals surface area (Å²) in [5, 5.41) is 0. The number of nitrogens with zero attached hydrogens (tertiary/aromatic N) is 3. The number of benzene rings is 1. The van der Waals surface area contributed by atoms with Crippen molar-refractivity contribution in [2.75, 3.05) is 46.9 Å². The van der Waals surface area contributed by atoms with Gasteiger partial charge in [-0.3, -0.25) is 4.90 Å². The minimum absolute atomic E-state index is 0.101. The van der Waals surface area contributed by atoms with E-state index in [4.69, 9.17) is 4.74 Å². The van der Waals surface area contributed by atoms with Gasteiger partial charge >= 0.3 is 6.03 Å². The molecule has 2 amide bonds. The van der Waals surface area contributed by atoms with Crippen LogP contribution in [0.15, 0.2) is 24.3 Å². The number of carbonyl (C=O) groups is 1. The number of carbonyl (C=O) groups excluding carboxylic acids is 1. The Morgan fingerprint density at radius 1 is 1.19 bits per heavy atom. The molecular formula is C16H25N3O2. The van der Waals surface area contributed by atoms with Crippen molar-refractivity contribution in [3.63, 3.8) is 0 Å². The second-order valence-corrected chi connectivity index (χ2v) is 5.48. The molecule has 21 heavy (non-hydrogen) atoms. The van der Waals surface area contributed by atoms with E-state index in [1.807, 2.05) is 30.0 Å². The van der Waals surface area contributed by atoms with Crippen molar-refractivity contribution < 1.29 is 9.53 Å². The van der Waals surface area contributed by atoms with Crippen LogP contribution in [0.5, 0.6) is 5.75 Å². The van der Waals surface area contributed by atoms with Crippen molar-refractivity contribution in [3.05, 3.63) is 29.8 Å². The van der Waals surface area contributed by atoms with E-state index in [2.05, 4.69) is 11.0 Å². The van der Waals surface area contributed by atoms with Gasteiger partial charge in [-0.05, 0) is 13.0 Å². The van der Waals surface area contributed by atoms with E-state index < -0.39 is 0 Å². The molecule has 116 valence electrons. The number of piperazine rings is 1. The molecule has 0 unspecified atom stereocenters. The molecule has 1 fully saturated rings. The molecule has 1 aliphatic rings. The van der Waals surface area contributed by atoms with Gasteiger partial charge in [-0.2, -0.15) is 0 Å².